The molecule has 1 aliphatic rings. The molecule has 1 fully saturated rings. The van der Waals surface area contributed by atoms with Gasteiger partial charge in [0.1, 0.15) is 41.3 Å². The fourth-order valence-corrected chi connectivity index (χ4v) is 3.88. The molecule has 0 aromatic heterocycles. The summed E-state index contributed by atoms with van der Waals surface area (Å²) in [5.74, 6) is -1.31. The average molecular weight is 437 g/mol. The molecule has 10 heteroatoms. The van der Waals surface area contributed by atoms with Crippen molar-refractivity contribution in [3.8, 4) is 34.1 Å². The van der Waals surface area contributed by atoms with Gasteiger partial charge in [0, 0.05) is 18.2 Å². The molecular formula is C21H27NO9. The van der Waals surface area contributed by atoms with Crippen molar-refractivity contribution in [2.75, 3.05) is 6.61 Å². The zero-order chi connectivity index (χ0) is 22.9. The van der Waals surface area contributed by atoms with Gasteiger partial charge >= 0.3 is 0 Å². The molecule has 3 rings (SSSR count). The summed E-state index contributed by atoms with van der Waals surface area (Å²) >= 11 is 0. The van der Waals surface area contributed by atoms with Gasteiger partial charge in [-0.15, -0.1) is 0 Å². The second-order valence-corrected chi connectivity index (χ2v) is 7.51. The van der Waals surface area contributed by atoms with Crippen LogP contribution in [-0.2, 0) is 4.74 Å². The molecular weight excluding hydrogens is 410 g/mol. The number of phenolic OH excluding ortho intramolecular Hbond substituents is 4. The van der Waals surface area contributed by atoms with Crippen molar-refractivity contribution >= 4 is 0 Å². The maximum Gasteiger partial charge on any atom is 0.173 e. The van der Waals surface area contributed by atoms with Gasteiger partial charge in [0.2, 0.25) is 0 Å². The topological polar surface area (TPSA) is 183 Å². The van der Waals surface area contributed by atoms with Crippen molar-refractivity contribution in [2.24, 2.45) is 0 Å². The van der Waals surface area contributed by atoms with Crippen LogP contribution in [0.1, 0.15) is 24.9 Å². The minimum atomic E-state index is -1.53. The fourth-order valence-electron chi connectivity index (χ4n) is 3.88. The minimum absolute atomic E-state index is 0.0229. The van der Waals surface area contributed by atoms with Crippen molar-refractivity contribution in [3.05, 3.63) is 35.9 Å². The summed E-state index contributed by atoms with van der Waals surface area (Å²) in [7, 11) is 0. The van der Waals surface area contributed by atoms with Crippen LogP contribution in [0.4, 0.5) is 0 Å². The van der Waals surface area contributed by atoms with Gasteiger partial charge in [0.25, 0.3) is 0 Å². The molecule has 1 heterocycles. The quantitative estimate of drug-likeness (QED) is 0.298. The second kappa shape index (κ2) is 9.27. The Kier molecular flexibility index (Phi) is 6.90. The van der Waals surface area contributed by atoms with E-state index >= 15 is 0 Å². The first-order chi connectivity index (χ1) is 14.7. The van der Waals surface area contributed by atoms with E-state index in [1.807, 2.05) is 0 Å². The van der Waals surface area contributed by atoms with Crippen molar-refractivity contribution in [2.45, 2.75) is 50.0 Å². The highest BCUT2D eigenvalue weighted by Gasteiger charge is 2.44. The number of phenols is 4. The normalized spacial score (nSPS) is 27.2. The Bertz CT molecular complexity index is 899. The molecule has 10 nitrogen and oxygen atoms in total. The van der Waals surface area contributed by atoms with Crippen molar-refractivity contribution in [3.63, 3.8) is 0 Å². The highest BCUT2D eigenvalue weighted by atomic mass is 16.6. The van der Waals surface area contributed by atoms with Gasteiger partial charge in [-0.2, -0.15) is 0 Å². The molecule has 1 aliphatic heterocycles. The largest absolute Gasteiger partial charge is 0.508 e. The predicted molar refractivity (Wildman–Crippen MR) is 108 cm³/mol. The predicted octanol–water partition coefficient (Wildman–Crippen LogP) is 0.0166. The number of hydrogen-bond donors (Lipinski definition) is 9. The van der Waals surface area contributed by atoms with E-state index < -0.39 is 54.8 Å². The van der Waals surface area contributed by atoms with Crippen LogP contribution in [0.5, 0.6) is 23.0 Å². The number of aliphatic hydroxyl groups excluding tert-OH is 4. The SMILES string of the molecule is CCC(N[C@@H]1[C@@H](O)[C@H](O)[C@@H](CO)O[C@H]1O)c1ccc(O)cc1-c1c(O)cc(O)cc1O. The maximum absolute atomic E-state index is 10.4. The van der Waals surface area contributed by atoms with Crippen LogP contribution < -0.4 is 5.32 Å². The third-order valence-corrected chi connectivity index (χ3v) is 5.47. The third kappa shape index (κ3) is 4.54. The summed E-state index contributed by atoms with van der Waals surface area (Å²) in [5, 5.41) is 83.3. The minimum Gasteiger partial charge on any atom is -0.508 e. The van der Waals surface area contributed by atoms with Crippen LogP contribution in [0, 0.1) is 0 Å². The van der Waals surface area contributed by atoms with Gasteiger partial charge in [0.15, 0.2) is 6.29 Å². The first-order valence-electron chi connectivity index (χ1n) is 9.82. The fraction of sp³-hybridized carbons (Fsp3) is 0.429. The molecule has 0 amide bonds. The Morgan fingerprint density at radius 2 is 1.58 bits per heavy atom. The van der Waals surface area contributed by atoms with Gasteiger partial charge in [-0.1, -0.05) is 13.0 Å². The van der Waals surface area contributed by atoms with Gasteiger partial charge < -0.3 is 50.9 Å². The molecule has 0 aliphatic carbocycles. The molecule has 6 atom stereocenters. The summed E-state index contributed by atoms with van der Waals surface area (Å²) in [4.78, 5) is 0. The molecule has 170 valence electrons. The zero-order valence-corrected chi connectivity index (χ0v) is 16.8. The standard InChI is InChI=1S/C21H27NO9/c1-2-13(22-18-20(29)19(28)16(8-23)31-21(18)30)11-4-3-9(24)5-12(11)17-14(26)6-10(25)7-15(17)27/h3-7,13,16,18-30H,2,8H2,1H3/t13?,16-,18-,19-,20-,21-/m1/s1. The van der Waals surface area contributed by atoms with Gasteiger partial charge in [-0.05, 0) is 29.7 Å². The number of ether oxygens (including phenoxy) is 1. The molecule has 0 bridgehead atoms. The molecule has 0 spiro atoms. The molecule has 0 radical (unpaired) electrons. The van der Waals surface area contributed by atoms with Crippen molar-refractivity contribution in [1.82, 2.24) is 5.32 Å². The average Bonchev–Trinajstić information content (AvgIpc) is 2.71. The van der Waals surface area contributed by atoms with E-state index in [0.717, 1.165) is 12.1 Å². The lowest BCUT2D eigenvalue weighted by molar-refractivity contribution is -0.255. The lowest BCUT2D eigenvalue weighted by atomic mass is 9.90. The van der Waals surface area contributed by atoms with Crippen LogP contribution in [0.25, 0.3) is 11.1 Å². The first kappa shape index (κ1) is 23.1. The van der Waals surface area contributed by atoms with Gasteiger partial charge in [-0.3, -0.25) is 0 Å². The van der Waals surface area contributed by atoms with Crippen molar-refractivity contribution < 1.29 is 45.6 Å². The van der Waals surface area contributed by atoms with E-state index in [4.69, 9.17) is 4.74 Å². The second-order valence-electron chi connectivity index (χ2n) is 7.51. The smallest absolute Gasteiger partial charge is 0.173 e. The highest BCUT2D eigenvalue weighted by Crippen LogP contribution is 2.44. The molecule has 31 heavy (non-hydrogen) atoms. The van der Waals surface area contributed by atoms with E-state index in [9.17, 15) is 40.9 Å². The lowest BCUT2D eigenvalue weighted by Gasteiger charge is -2.42. The van der Waals surface area contributed by atoms with Crippen molar-refractivity contribution in [1.29, 1.82) is 0 Å². The number of benzene rings is 2. The Labute approximate surface area is 178 Å². The van der Waals surface area contributed by atoms with Crippen LogP contribution in [0.15, 0.2) is 30.3 Å². The summed E-state index contributed by atoms with van der Waals surface area (Å²) in [6.07, 6.45) is -5.15. The number of hydrogen-bond acceptors (Lipinski definition) is 10. The van der Waals surface area contributed by atoms with E-state index in [1.165, 1.54) is 12.1 Å². The molecule has 1 unspecified atom stereocenters. The van der Waals surface area contributed by atoms with Crippen LogP contribution >= 0.6 is 0 Å². The molecule has 9 N–H and O–H groups in total. The van der Waals surface area contributed by atoms with Crippen LogP contribution in [0.3, 0.4) is 0 Å². The van der Waals surface area contributed by atoms with E-state index in [1.54, 1.807) is 13.0 Å². The number of rotatable bonds is 6. The Hall–Kier alpha value is -2.60. The Morgan fingerprint density at radius 1 is 0.935 bits per heavy atom. The Balaban J connectivity index is 2.00. The molecule has 0 saturated carbocycles. The zero-order valence-electron chi connectivity index (χ0n) is 16.8. The summed E-state index contributed by atoms with van der Waals surface area (Å²) in [5.41, 5.74) is 0.726. The lowest BCUT2D eigenvalue weighted by Crippen LogP contribution is -2.63. The Morgan fingerprint density at radius 3 is 2.16 bits per heavy atom. The van der Waals surface area contributed by atoms with Gasteiger partial charge in [0.05, 0.1) is 18.2 Å². The number of aromatic hydroxyl groups is 4. The first-order valence-corrected chi connectivity index (χ1v) is 9.82. The van der Waals surface area contributed by atoms with Crippen LogP contribution in [0.2, 0.25) is 0 Å². The monoisotopic (exact) mass is 437 g/mol. The molecule has 2 aromatic rings. The number of aliphatic hydroxyl groups is 4. The summed E-state index contributed by atoms with van der Waals surface area (Å²) < 4.78 is 5.18. The van der Waals surface area contributed by atoms with Gasteiger partial charge in [-0.25, -0.2) is 0 Å². The molecule has 2 aromatic carbocycles. The van der Waals surface area contributed by atoms with E-state index in [0.29, 0.717) is 12.0 Å². The van der Waals surface area contributed by atoms with E-state index in [-0.39, 0.29) is 22.6 Å². The third-order valence-electron chi connectivity index (χ3n) is 5.47. The number of nitrogens with one attached hydrogen (secondary N) is 1. The summed E-state index contributed by atoms with van der Waals surface area (Å²) in [6, 6.07) is 4.67. The van der Waals surface area contributed by atoms with E-state index in [2.05, 4.69) is 5.32 Å². The summed E-state index contributed by atoms with van der Waals surface area (Å²) in [6.45, 7) is 1.22. The molecule has 1 saturated heterocycles. The van der Waals surface area contributed by atoms with Crippen LogP contribution in [-0.4, -0.2) is 78.1 Å². The highest BCUT2D eigenvalue weighted by molar-refractivity contribution is 5.80. The maximum atomic E-state index is 10.4.